The maximum atomic E-state index is 12.5. The Bertz CT molecular complexity index is 1030. The SMILES string of the molecule is Cc1cc(-c2cccc(NS(=O)(=O)c3ccccc3C#N)c2)n[nH]1. The molecule has 0 spiro atoms. The highest BCUT2D eigenvalue weighted by atomic mass is 32.2. The molecule has 0 saturated carbocycles. The molecule has 0 radical (unpaired) electrons. The maximum Gasteiger partial charge on any atom is 0.263 e. The summed E-state index contributed by atoms with van der Waals surface area (Å²) in [4.78, 5) is -0.0477. The van der Waals surface area contributed by atoms with E-state index in [1.165, 1.54) is 12.1 Å². The van der Waals surface area contributed by atoms with Gasteiger partial charge in [0.1, 0.15) is 11.0 Å². The molecule has 7 heteroatoms. The number of aromatic amines is 1. The third-order valence-electron chi connectivity index (χ3n) is 3.41. The second-order valence-corrected chi connectivity index (χ2v) is 6.88. The molecule has 0 unspecified atom stereocenters. The number of hydrogen-bond acceptors (Lipinski definition) is 4. The van der Waals surface area contributed by atoms with E-state index in [1.807, 2.05) is 25.1 Å². The standard InChI is InChI=1S/C17H14N4O2S/c1-12-9-16(20-19-12)13-6-4-7-15(10-13)21-24(22,23)17-8-3-2-5-14(17)11-18/h2-10,21H,1H3,(H,19,20). The van der Waals surface area contributed by atoms with Crippen LogP contribution in [0.1, 0.15) is 11.3 Å². The lowest BCUT2D eigenvalue weighted by Crippen LogP contribution is -2.14. The fourth-order valence-electron chi connectivity index (χ4n) is 2.31. The Kier molecular flexibility index (Phi) is 4.06. The van der Waals surface area contributed by atoms with Crippen molar-refractivity contribution in [2.75, 3.05) is 4.72 Å². The minimum Gasteiger partial charge on any atom is -0.282 e. The van der Waals surface area contributed by atoms with Gasteiger partial charge in [-0.05, 0) is 37.3 Å². The number of nitrogens with zero attached hydrogens (tertiary/aromatic N) is 2. The number of benzene rings is 2. The van der Waals surface area contributed by atoms with Crippen LogP contribution >= 0.6 is 0 Å². The number of nitriles is 1. The second-order valence-electron chi connectivity index (χ2n) is 5.23. The zero-order valence-corrected chi connectivity index (χ0v) is 13.6. The number of sulfonamides is 1. The first-order chi connectivity index (χ1) is 11.5. The lowest BCUT2D eigenvalue weighted by molar-refractivity contribution is 0.601. The van der Waals surface area contributed by atoms with E-state index in [0.29, 0.717) is 5.69 Å². The monoisotopic (exact) mass is 338 g/mol. The van der Waals surface area contributed by atoms with Crippen molar-refractivity contribution in [1.29, 1.82) is 5.26 Å². The predicted octanol–water partition coefficient (Wildman–Crippen LogP) is 3.06. The van der Waals surface area contributed by atoms with Gasteiger partial charge in [-0.2, -0.15) is 10.4 Å². The summed E-state index contributed by atoms with van der Waals surface area (Å²) in [6.45, 7) is 1.89. The van der Waals surface area contributed by atoms with Crippen molar-refractivity contribution >= 4 is 15.7 Å². The summed E-state index contributed by atoms with van der Waals surface area (Å²) >= 11 is 0. The Hall–Kier alpha value is -3.11. The molecule has 0 fully saturated rings. The Labute approximate surface area is 139 Å². The van der Waals surface area contributed by atoms with Crippen LogP contribution in [0.4, 0.5) is 5.69 Å². The van der Waals surface area contributed by atoms with Gasteiger partial charge >= 0.3 is 0 Å². The predicted molar refractivity (Wildman–Crippen MR) is 90.7 cm³/mol. The summed E-state index contributed by atoms with van der Waals surface area (Å²) in [7, 11) is -3.85. The number of hydrogen-bond donors (Lipinski definition) is 2. The summed E-state index contributed by atoms with van der Waals surface area (Å²) in [6, 6.07) is 16.8. The van der Waals surface area contributed by atoms with Gasteiger partial charge in [-0.3, -0.25) is 9.82 Å². The van der Waals surface area contributed by atoms with E-state index >= 15 is 0 Å². The quantitative estimate of drug-likeness (QED) is 0.763. The third-order valence-corrected chi connectivity index (χ3v) is 4.85. The molecule has 3 rings (SSSR count). The summed E-state index contributed by atoms with van der Waals surface area (Å²) in [5.41, 5.74) is 2.93. The van der Waals surface area contributed by atoms with E-state index < -0.39 is 10.0 Å². The van der Waals surface area contributed by atoms with Gasteiger partial charge in [0.15, 0.2) is 0 Å². The van der Waals surface area contributed by atoms with Gasteiger partial charge in [-0.25, -0.2) is 8.42 Å². The van der Waals surface area contributed by atoms with Gasteiger partial charge in [-0.15, -0.1) is 0 Å². The molecule has 0 saturated heterocycles. The van der Waals surface area contributed by atoms with Crippen LogP contribution in [0.3, 0.4) is 0 Å². The lowest BCUT2D eigenvalue weighted by Gasteiger charge is -2.10. The molecule has 24 heavy (non-hydrogen) atoms. The van der Waals surface area contributed by atoms with Crippen LogP contribution in [0.25, 0.3) is 11.3 Å². The summed E-state index contributed by atoms with van der Waals surface area (Å²) in [6.07, 6.45) is 0. The average Bonchev–Trinajstić information content (AvgIpc) is 3.01. The minimum absolute atomic E-state index is 0.0477. The highest BCUT2D eigenvalue weighted by Gasteiger charge is 2.18. The molecule has 1 heterocycles. The highest BCUT2D eigenvalue weighted by Crippen LogP contribution is 2.24. The lowest BCUT2D eigenvalue weighted by atomic mass is 10.1. The number of aryl methyl sites for hydroxylation is 1. The molecule has 2 aromatic carbocycles. The molecule has 0 aliphatic rings. The molecule has 0 amide bonds. The summed E-state index contributed by atoms with van der Waals surface area (Å²) in [5, 5.41) is 16.1. The van der Waals surface area contributed by atoms with Crippen molar-refractivity contribution in [3.63, 3.8) is 0 Å². The second kappa shape index (κ2) is 6.18. The first-order valence-electron chi connectivity index (χ1n) is 7.14. The van der Waals surface area contributed by atoms with E-state index in [4.69, 9.17) is 5.26 Å². The fraction of sp³-hybridized carbons (Fsp3) is 0.0588. The average molecular weight is 338 g/mol. The first kappa shape index (κ1) is 15.8. The Morgan fingerprint density at radius 3 is 2.62 bits per heavy atom. The van der Waals surface area contributed by atoms with Gasteiger partial charge in [0.2, 0.25) is 0 Å². The largest absolute Gasteiger partial charge is 0.282 e. The molecule has 0 atom stereocenters. The Morgan fingerprint density at radius 2 is 1.92 bits per heavy atom. The number of nitrogens with one attached hydrogen (secondary N) is 2. The van der Waals surface area contributed by atoms with Crippen molar-refractivity contribution in [2.45, 2.75) is 11.8 Å². The Morgan fingerprint density at radius 1 is 1.12 bits per heavy atom. The van der Waals surface area contributed by atoms with Gasteiger partial charge in [-0.1, -0.05) is 24.3 Å². The highest BCUT2D eigenvalue weighted by molar-refractivity contribution is 7.92. The molecule has 6 nitrogen and oxygen atoms in total. The van der Waals surface area contributed by atoms with Gasteiger partial charge in [0.05, 0.1) is 11.3 Å². The van der Waals surface area contributed by atoms with E-state index in [9.17, 15) is 8.42 Å². The molecule has 2 N–H and O–H groups in total. The first-order valence-corrected chi connectivity index (χ1v) is 8.62. The number of rotatable bonds is 4. The van der Waals surface area contributed by atoms with Crippen LogP contribution in [-0.2, 0) is 10.0 Å². The Balaban J connectivity index is 1.95. The molecule has 0 bridgehead atoms. The fourth-order valence-corrected chi connectivity index (χ4v) is 3.52. The zero-order chi connectivity index (χ0) is 17.2. The molecule has 3 aromatic rings. The van der Waals surface area contributed by atoms with E-state index in [-0.39, 0.29) is 10.5 Å². The summed E-state index contributed by atoms with van der Waals surface area (Å²) < 4.78 is 27.6. The van der Waals surface area contributed by atoms with Crippen LogP contribution in [0, 0.1) is 18.3 Å². The topological polar surface area (TPSA) is 98.6 Å². The normalized spacial score (nSPS) is 11.0. The molecule has 0 aliphatic carbocycles. The third kappa shape index (κ3) is 3.14. The van der Waals surface area contributed by atoms with Crippen molar-refractivity contribution < 1.29 is 8.42 Å². The number of anilines is 1. The minimum atomic E-state index is -3.85. The van der Waals surface area contributed by atoms with Crippen molar-refractivity contribution in [2.24, 2.45) is 0 Å². The zero-order valence-electron chi connectivity index (χ0n) is 12.8. The van der Waals surface area contributed by atoms with Crippen LogP contribution < -0.4 is 4.72 Å². The van der Waals surface area contributed by atoms with Crippen LogP contribution in [0.2, 0.25) is 0 Å². The van der Waals surface area contributed by atoms with Crippen LogP contribution in [0.15, 0.2) is 59.5 Å². The molecule has 0 aliphatic heterocycles. The molecular weight excluding hydrogens is 324 g/mol. The van der Waals surface area contributed by atoms with Crippen LogP contribution in [0.5, 0.6) is 0 Å². The van der Waals surface area contributed by atoms with Crippen molar-refractivity contribution in [3.05, 3.63) is 65.9 Å². The van der Waals surface area contributed by atoms with E-state index in [0.717, 1.165) is 17.0 Å². The smallest absolute Gasteiger partial charge is 0.263 e. The van der Waals surface area contributed by atoms with Crippen molar-refractivity contribution in [1.82, 2.24) is 10.2 Å². The number of aromatic nitrogens is 2. The van der Waals surface area contributed by atoms with E-state index in [2.05, 4.69) is 14.9 Å². The molecular formula is C17H14N4O2S. The van der Waals surface area contributed by atoms with Crippen molar-refractivity contribution in [3.8, 4) is 17.3 Å². The van der Waals surface area contributed by atoms with Crippen LogP contribution in [-0.4, -0.2) is 18.6 Å². The maximum absolute atomic E-state index is 12.5. The van der Waals surface area contributed by atoms with Gasteiger partial charge < -0.3 is 0 Å². The molecule has 1 aromatic heterocycles. The van der Waals surface area contributed by atoms with E-state index in [1.54, 1.807) is 30.3 Å². The molecule has 120 valence electrons. The van der Waals surface area contributed by atoms with Gasteiger partial charge in [0, 0.05) is 16.9 Å². The summed E-state index contributed by atoms with van der Waals surface area (Å²) in [5.74, 6) is 0. The van der Waals surface area contributed by atoms with Gasteiger partial charge in [0.25, 0.3) is 10.0 Å². The number of H-pyrrole nitrogens is 1.